The Bertz CT molecular complexity index is 151. The van der Waals surface area contributed by atoms with Crippen LogP contribution in [0, 0.1) is 0 Å². The van der Waals surface area contributed by atoms with E-state index in [1.807, 2.05) is 41.5 Å². The van der Waals surface area contributed by atoms with Crippen molar-refractivity contribution in [1.29, 1.82) is 0 Å². The third kappa shape index (κ3) is 9.09. The highest BCUT2D eigenvalue weighted by molar-refractivity contribution is 4.80. The van der Waals surface area contributed by atoms with E-state index < -0.39 is 11.1 Å². The molecule has 4 heteroatoms. The standard InChI is InChI=1S/2C6H15NO/c2*1-4-5(8)6(2,3)7/h2*5,8H,4,7H2,1-3H3. The van der Waals surface area contributed by atoms with Crippen molar-refractivity contribution in [3.8, 4) is 0 Å². The largest absolute Gasteiger partial charge is 0.391 e. The summed E-state index contributed by atoms with van der Waals surface area (Å²) in [5.74, 6) is 0. The molecule has 0 saturated carbocycles. The summed E-state index contributed by atoms with van der Waals surface area (Å²) < 4.78 is 0. The van der Waals surface area contributed by atoms with E-state index in [0.717, 1.165) is 12.8 Å². The third-order valence-corrected chi connectivity index (χ3v) is 2.49. The third-order valence-electron chi connectivity index (χ3n) is 2.49. The van der Waals surface area contributed by atoms with Gasteiger partial charge in [0.25, 0.3) is 0 Å². The lowest BCUT2D eigenvalue weighted by Gasteiger charge is -2.24. The number of aliphatic hydroxyl groups excluding tert-OH is 2. The van der Waals surface area contributed by atoms with E-state index in [1.165, 1.54) is 0 Å². The molecule has 2 atom stereocenters. The zero-order valence-electron chi connectivity index (χ0n) is 11.6. The highest BCUT2D eigenvalue weighted by Crippen LogP contribution is 2.07. The van der Waals surface area contributed by atoms with Crippen molar-refractivity contribution >= 4 is 0 Å². The van der Waals surface area contributed by atoms with Gasteiger partial charge in [-0.15, -0.1) is 0 Å². The molecule has 2 unspecified atom stereocenters. The summed E-state index contributed by atoms with van der Waals surface area (Å²) in [5.41, 5.74) is 10.2. The van der Waals surface area contributed by atoms with Gasteiger partial charge in [-0.2, -0.15) is 0 Å². The van der Waals surface area contributed by atoms with Crippen molar-refractivity contribution in [1.82, 2.24) is 0 Å². The Kier molecular flexibility index (Phi) is 8.22. The zero-order valence-corrected chi connectivity index (χ0v) is 11.6. The average Bonchev–Trinajstić information content (AvgIpc) is 2.13. The average molecular weight is 234 g/mol. The number of hydrogen-bond donors (Lipinski definition) is 4. The highest BCUT2D eigenvalue weighted by atomic mass is 16.3. The Morgan fingerprint density at radius 2 is 1.00 bits per heavy atom. The molecule has 0 aliphatic rings. The maximum atomic E-state index is 9.07. The molecule has 0 saturated heterocycles. The molecular formula is C12H30N2O2. The van der Waals surface area contributed by atoms with Gasteiger partial charge in [-0.05, 0) is 40.5 Å². The van der Waals surface area contributed by atoms with Gasteiger partial charge in [0.1, 0.15) is 0 Å². The van der Waals surface area contributed by atoms with Crippen LogP contribution >= 0.6 is 0 Å². The lowest BCUT2D eigenvalue weighted by molar-refractivity contribution is 0.100. The Morgan fingerprint density at radius 3 is 1.00 bits per heavy atom. The first kappa shape index (κ1) is 18.2. The Hall–Kier alpha value is -0.160. The number of hydrogen-bond acceptors (Lipinski definition) is 4. The minimum atomic E-state index is -0.436. The number of nitrogens with two attached hydrogens (primary N) is 2. The number of aliphatic hydroxyl groups is 2. The second-order valence-electron chi connectivity index (χ2n) is 5.49. The summed E-state index contributed by atoms with van der Waals surface area (Å²) in [4.78, 5) is 0. The van der Waals surface area contributed by atoms with E-state index >= 15 is 0 Å². The van der Waals surface area contributed by atoms with Gasteiger partial charge in [0.2, 0.25) is 0 Å². The Labute approximate surface area is 100 Å². The predicted molar refractivity (Wildman–Crippen MR) is 69.1 cm³/mol. The van der Waals surface area contributed by atoms with Crippen LogP contribution in [0.4, 0.5) is 0 Å². The van der Waals surface area contributed by atoms with E-state index in [-0.39, 0.29) is 12.2 Å². The zero-order chi connectivity index (χ0) is 13.6. The van der Waals surface area contributed by atoms with Gasteiger partial charge in [-0.3, -0.25) is 0 Å². The lowest BCUT2D eigenvalue weighted by Crippen LogP contribution is -2.44. The van der Waals surface area contributed by atoms with Crippen molar-refractivity contribution in [3.63, 3.8) is 0 Å². The molecule has 0 bridgehead atoms. The normalized spacial score (nSPS) is 16.1. The van der Waals surface area contributed by atoms with Gasteiger partial charge in [0.15, 0.2) is 0 Å². The number of rotatable bonds is 4. The summed E-state index contributed by atoms with van der Waals surface area (Å²) in [5, 5.41) is 18.1. The van der Waals surface area contributed by atoms with Gasteiger partial charge in [-0.25, -0.2) is 0 Å². The topological polar surface area (TPSA) is 92.5 Å². The molecule has 0 amide bonds. The fourth-order valence-corrected chi connectivity index (χ4v) is 1.05. The summed E-state index contributed by atoms with van der Waals surface area (Å²) in [6.45, 7) is 11.1. The second kappa shape index (κ2) is 7.22. The van der Waals surface area contributed by atoms with Crippen LogP contribution in [0.25, 0.3) is 0 Å². The first-order chi connectivity index (χ1) is 6.96. The lowest BCUT2D eigenvalue weighted by atomic mass is 9.97. The molecule has 0 aliphatic heterocycles. The summed E-state index contributed by atoms with van der Waals surface area (Å²) in [6, 6.07) is 0. The molecule has 0 fully saturated rings. The Balaban J connectivity index is 0. The highest BCUT2D eigenvalue weighted by Gasteiger charge is 2.20. The van der Waals surface area contributed by atoms with Crippen LogP contribution in [-0.4, -0.2) is 33.5 Å². The van der Waals surface area contributed by atoms with Gasteiger partial charge in [0.05, 0.1) is 12.2 Å². The maximum Gasteiger partial charge on any atom is 0.0711 e. The predicted octanol–water partition coefficient (Wildman–Crippen LogP) is 0.989. The van der Waals surface area contributed by atoms with E-state index in [1.54, 1.807) is 0 Å². The quantitative estimate of drug-likeness (QED) is 0.583. The van der Waals surface area contributed by atoms with Crippen LogP contribution in [0.5, 0.6) is 0 Å². The molecule has 0 aromatic heterocycles. The molecular weight excluding hydrogens is 204 g/mol. The molecule has 6 N–H and O–H groups in total. The van der Waals surface area contributed by atoms with Gasteiger partial charge in [-0.1, -0.05) is 13.8 Å². The first-order valence-electron chi connectivity index (χ1n) is 5.90. The van der Waals surface area contributed by atoms with E-state index in [4.69, 9.17) is 21.7 Å². The first-order valence-corrected chi connectivity index (χ1v) is 5.90. The summed E-state index contributed by atoms with van der Waals surface area (Å²) in [6.07, 6.45) is 0.706. The fourth-order valence-electron chi connectivity index (χ4n) is 1.05. The second-order valence-corrected chi connectivity index (χ2v) is 5.49. The van der Waals surface area contributed by atoms with Crippen molar-refractivity contribution in [2.24, 2.45) is 11.5 Å². The van der Waals surface area contributed by atoms with Gasteiger partial charge < -0.3 is 21.7 Å². The SMILES string of the molecule is CCC(O)C(C)(C)N.CCC(O)C(C)(C)N. The van der Waals surface area contributed by atoms with Crippen LogP contribution in [0.1, 0.15) is 54.4 Å². The van der Waals surface area contributed by atoms with E-state index in [9.17, 15) is 0 Å². The summed E-state index contributed by atoms with van der Waals surface area (Å²) in [7, 11) is 0. The smallest absolute Gasteiger partial charge is 0.0711 e. The van der Waals surface area contributed by atoms with Gasteiger partial charge >= 0.3 is 0 Å². The van der Waals surface area contributed by atoms with Crippen LogP contribution < -0.4 is 11.5 Å². The van der Waals surface area contributed by atoms with E-state index in [0.29, 0.717) is 0 Å². The van der Waals surface area contributed by atoms with Crippen molar-refractivity contribution in [2.75, 3.05) is 0 Å². The molecule has 0 aliphatic carbocycles. The molecule has 0 aromatic carbocycles. The van der Waals surface area contributed by atoms with Gasteiger partial charge in [0, 0.05) is 11.1 Å². The molecule has 0 heterocycles. The minimum Gasteiger partial charge on any atom is -0.391 e. The van der Waals surface area contributed by atoms with Crippen molar-refractivity contribution < 1.29 is 10.2 Å². The van der Waals surface area contributed by atoms with Crippen LogP contribution in [0.3, 0.4) is 0 Å². The van der Waals surface area contributed by atoms with Crippen molar-refractivity contribution in [2.45, 2.75) is 77.7 Å². The maximum absolute atomic E-state index is 9.07. The molecule has 0 rings (SSSR count). The molecule has 16 heavy (non-hydrogen) atoms. The van der Waals surface area contributed by atoms with E-state index in [2.05, 4.69) is 0 Å². The van der Waals surface area contributed by atoms with Crippen LogP contribution in [0.15, 0.2) is 0 Å². The Morgan fingerprint density at radius 1 is 0.812 bits per heavy atom. The molecule has 0 spiro atoms. The molecule has 100 valence electrons. The van der Waals surface area contributed by atoms with Crippen LogP contribution in [-0.2, 0) is 0 Å². The monoisotopic (exact) mass is 234 g/mol. The molecule has 4 nitrogen and oxygen atoms in total. The minimum absolute atomic E-state index is 0.373. The molecule has 0 radical (unpaired) electrons. The summed E-state index contributed by atoms with van der Waals surface area (Å²) >= 11 is 0. The fraction of sp³-hybridized carbons (Fsp3) is 1.00. The van der Waals surface area contributed by atoms with Crippen molar-refractivity contribution in [3.05, 3.63) is 0 Å². The van der Waals surface area contributed by atoms with Crippen LogP contribution in [0.2, 0.25) is 0 Å². The molecule has 0 aromatic rings.